The number of halogens is 1. The SMILES string of the molecule is Cc1ccoc1C(=O)NCc1ccc(C(N)=S)cc1F. The summed E-state index contributed by atoms with van der Waals surface area (Å²) in [5.41, 5.74) is 6.95. The summed E-state index contributed by atoms with van der Waals surface area (Å²) in [6, 6.07) is 6.10. The Bertz CT molecular complexity index is 667. The van der Waals surface area contributed by atoms with Crippen LogP contribution in [0.2, 0.25) is 0 Å². The molecule has 4 nitrogen and oxygen atoms in total. The second kappa shape index (κ2) is 5.83. The summed E-state index contributed by atoms with van der Waals surface area (Å²) in [6.45, 7) is 1.82. The molecule has 1 aromatic carbocycles. The highest BCUT2D eigenvalue weighted by molar-refractivity contribution is 7.80. The predicted octanol–water partition coefficient (Wildman–Crippen LogP) is 2.29. The Morgan fingerprint density at radius 2 is 2.20 bits per heavy atom. The first-order valence-corrected chi connectivity index (χ1v) is 6.30. The van der Waals surface area contributed by atoms with E-state index < -0.39 is 5.82 Å². The van der Waals surface area contributed by atoms with Crippen LogP contribution in [0.25, 0.3) is 0 Å². The van der Waals surface area contributed by atoms with Gasteiger partial charge < -0.3 is 15.5 Å². The van der Waals surface area contributed by atoms with Gasteiger partial charge >= 0.3 is 0 Å². The standard InChI is InChI=1S/C14H13FN2O2S/c1-8-4-5-19-12(8)14(18)17-7-10-3-2-9(13(16)20)6-11(10)15/h2-6H,7H2,1H3,(H2,16,20)(H,17,18). The van der Waals surface area contributed by atoms with Gasteiger partial charge in [-0.2, -0.15) is 0 Å². The fraction of sp³-hybridized carbons (Fsp3) is 0.143. The molecule has 0 radical (unpaired) electrons. The molecule has 0 aliphatic rings. The molecular formula is C14H13FN2O2S. The third-order valence-electron chi connectivity index (χ3n) is 2.85. The number of carbonyl (C=O) groups excluding carboxylic acids is 1. The maximum atomic E-state index is 13.8. The number of furan rings is 1. The van der Waals surface area contributed by atoms with E-state index >= 15 is 0 Å². The van der Waals surface area contributed by atoms with Crippen molar-refractivity contribution in [2.75, 3.05) is 0 Å². The quantitative estimate of drug-likeness (QED) is 0.848. The van der Waals surface area contributed by atoms with Crippen LogP contribution in [0.15, 0.2) is 34.9 Å². The van der Waals surface area contributed by atoms with Crippen LogP contribution in [0.3, 0.4) is 0 Å². The van der Waals surface area contributed by atoms with Crippen molar-refractivity contribution in [1.29, 1.82) is 0 Å². The van der Waals surface area contributed by atoms with E-state index in [4.69, 9.17) is 22.4 Å². The molecule has 0 aliphatic heterocycles. The van der Waals surface area contributed by atoms with Gasteiger partial charge in [-0.25, -0.2) is 4.39 Å². The molecule has 3 N–H and O–H groups in total. The second-order valence-electron chi connectivity index (χ2n) is 4.29. The van der Waals surface area contributed by atoms with Gasteiger partial charge in [0.25, 0.3) is 5.91 Å². The van der Waals surface area contributed by atoms with Crippen LogP contribution in [0.4, 0.5) is 4.39 Å². The number of aryl methyl sites for hydroxylation is 1. The Morgan fingerprint density at radius 3 is 2.75 bits per heavy atom. The number of amides is 1. The molecule has 2 aromatic rings. The van der Waals surface area contributed by atoms with E-state index in [1.807, 2.05) is 0 Å². The number of hydrogen-bond donors (Lipinski definition) is 2. The minimum absolute atomic E-state index is 0.0580. The lowest BCUT2D eigenvalue weighted by molar-refractivity contribution is 0.0922. The van der Waals surface area contributed by atoms with Gasteiger partial charge in [0.2, 0.25) is 0 Å². The number of carbonyl (C=O) groups is 1. The van der Waals surface area contributed by atoms with Crippen molar-refractivity contribution >= 4 is 23.1 Å². The molecule has 0 spiro atoms. The summed E-state index contributed by atoms with van der Waals surface area (Å²) in [4.78, 5) is 11.9. The number of rotatable bonds is 4. The summed E-state index contributed by atoms with van der Waals surface area (Å²) in [5, 5.41) is 2.59. The van der Waals surface area contributed by atoms with E-state index in [0.29, 0.717) is 11.1 Å². The Hall–Kier alpha value is -2.21. The first-order chi connectivity index (χ1) is 9.49. The topological polar surface area (TPSA) is 68.3 Å². The van der Waals surface area contributed by atoms with Gasteiger partial charge in [-0.3, -0.25) is 4.79 Å². The summed E-state index contributed by atoms with van der Waals surface area (Å²) in [6.07, 6.45) is 1.43. The lowest BCUT2D eigenvalue weighted by Gasteiger charge is -2.07. The Morgan fingerprint density at radius 1 is 1.45 bits per heavy atom. The van der Waals surface area contributed by atoms with E-state index in [1.54, 1.807) is 25.1 Å². The van der Waals surface area contributed by atoms with E-state index in [0.717, 1.165) is 5.56 Å². The van der Waals surface area contributed by atoms with Crippen LogP contribution in [-0.4, -0.2) is 10.9 Å². The highest BCUT2D eigenvalue weighted by atomic mass is 32.1. The van der Waals surface area contributed by atoms with Crippen LogP contribution in [0, 0.1) is 12.7 Å². The summed E-state index contributed by atoms with van der Waals surface area (Å²) in [7, 11) is 0. The molecular weight excluding hydrogens is 279 g/mol. The van der Waals surface area contributed by atoms with E-state index in [9.17, 15) is 9.18 Å². The average Bonchev–Trinajstić information content (AvgIpc) is 2.83. The Labute approximate surface area is 120 Å². The van der Waals surface area contributed by atoms with Crippen LogP contribution < -0.4 is 11.1 Å². The number of benzene rings is 1. The molecule has 104 valence electrons. The van der Waals surface area contributed by atoms with Gasteiger partial charge in [0.05, 0.1) is 6.26 Å². The largest absolute Gasteiger partial charge is 0.459 e. The van der Waals surface area contributed by atoms with Gasteiger partial charge in [0, 0.05) is 23.2 Å². The molecule has 20 heavy (non-hydrogen) atoms. The smallest absolute Gasteiger partial charge is 0.287 e. The molecule has 0 saturated carbocycles. The zero-order valence-corrected chi connectivity index (χ0v) is 11.6. The van der Waals surface area contributed by atoms with Crippen molar-refractivity contribution in [1.82, 2.24) is 5.32 Å². The molecule has 0 aliphatic carbocycles. The van der Waals surface area contributed by atoms with Crippen LogP contribution in [-0.2, 0) is 6.54 Å². The van der Waals surface area contributed by atoms with Gasteiger partial charge in [-0.15, -0.1) is 0 Å². The van der Waals surface area contributed by atoms with E-state index in [2.05, 4.69) is 5.32 Å². The molecule has 1 amide bonds. The van der Waals surface area contributed by atoms with Crippen LogP contribution in [0.5, 0.6) is 0 Å². The minimum atomic E-state index is -0.466. The molecule has 1 heterocycles. The highest BCUT2D eigenvalue weighted by Gasteiger charge is 2.13. The second-order valence-corrected chi connectivity index (χ2v) is 4.73. The van der Waals surface area contributed by atoms with E-state index in [1.165, 1.54) is 12.3 Å². The molecule has 0 unspecified atom stereocenters. The zero-order valence-electron chi connectivity index (χ0n) is 10.8. The first kappa shape index (κ1) is 14.2. The zero-order chi connectivity index (χ0) is 14.7. The number of nitrogens with two attached hydrogens (primary N) is 1. The number of nitrogens with one attached hydrogen (secondary N) is 1. The minimum Gasteiger partial charge on any atom is -0.459 e. The first-order valence-electron chi connectivity index (χ1n) is 5.89. The van der Waals surface area contributed by atoms with Gasteiger partial charge in [0.15, 0.2) is 5.76 Å². The maximum absolute atomic E-state index is 13.8. The van der Waals surface area contributed by atoms with Gasteiger partial charge in [-0.05, 0) is 19.1 Å². The van der Waals surface area contributed by atoms with Crippen molar-refractivity contribution in [2.45, 2.75) is 13.5 Å². The fourth-order valence-electron chi connectivity index (χ4n) is 1.71. The van der Waals surface area contributed by atoms with Crippen LogP contribution >= 0.6 is 12.2 Å². The average molecular weight is 292 g/mol. The third kappa shape index (κ3) is 3.03. The molecule has 1 aromatic heterocycles. The van der Waals surface area contributed by atoms with Crippen LogP contribution in [0.1, 0.15) is 27.2 Å². The monoisotopic (exact) mass is 292 g/mol. The molecule has 0 bridgehead atoms. The molecule has 0 fully saturated rings. The van der Waals surface area contributed by atoms with Crippen molar-refractivity contribution in [3.8, 4) is 0 Å². The van der Waals surface area contributed by atoms with Gasteiger partial charge in [0.1, 0.15) is 10.8 Å². The summed E-state index contributed by atoms with van der Waals surface area (Å²) >= 11 is 4.77. The molecule has 2 rings (SSSR count). The van der Waals surface area contributed by atoms with Crippen molar-refractivity contribution in [3.63, 3.8) is 0 Å². The Kier molecular flexibility index (Phi) is 4.14. The Balaban J connectivity index is 2.06. The lowest BCUT2D eigenvalue weighted by Crippen LogP contribution is -2.23. The third-order valence-corrected chi connectivity index (χ3v) is 3.08. The van der Waals surface area contributed by atoms with Crippen molar-refractivity contribution < 1.29 is 13.6 Å². The number of hydrogen-bond acceptors (Lipinski definition) is 3. The molecule has 0 atom stereocenters. The maximum Gasteiger partial charge on any atom is 0.287 e. The van der Waals surface area contributed by atoms with Gasteiger partial charge in [-0.1, -0.05) is 24.4 Å². The van der Waals surface area contributed by atoms with Crippen molar-refractivity contribution in [2.24, 2.45) is 5.73 Å². The predicted molar refractivity (Wildman–Crippen MR) is 76.9 cm³/mol. The molecule has 0 saturated heterocycles. The summed E-state index contributed by atoms with van der Waals surface area (Å²) < 4.78 is 18.8. The lowest BCUT2D eigenvalue weighted by atomic mass is 10.1. The summed E-state index contributed by atoms with van der Waals surface area (Å²) in [5.74, 6) is -0.623. The molecule has 6 heteroatoms. The normalized spacial score (nSPS) is 10.3. The van der Waals surface area contributed by atoms with Crippen molar-refractivity contribution in [3.05, 3.63) is 58.8 Å². The van der Waals surface area contributed by atoms with E-state index in [-0.39, 0.29) is 23.2 Å². The number of thiocarbonyl (C=S) groups is 1. The fourth-order valence-corrected chi connectivity index (χ4v) is 1.83. The highest BCUT2D eigenvalue weighted by Crippen LogP contribution is 2.12.